The van der Waals surface area contributed by atoms with Gasteiger partial charge in [-0.3, -0.25) is 0 Å². The molecule has 1 unspecified atom stereocenters. The van der Waals surface area contributed by atoms with Gasteiger partial charge in [-0.25, -0.2) is 0 Å². The van der Waals surface area contributed by atoms with Crippen LogP contribution in [0.15, 0.2) is 18.2 Å². The lowest BCUT2D eigenvalue weighted by atomic mass is 10.0. The number of benzene rings is 1. The fourth-order valence-electron chi connectivity index (χ4n) is 1.78. The van der Waals surface area contributed by atoms with Gasteiger partial charge in [0.15, 0.2) is 0 Å². The molecule has 17 heavy (non-hydrogen) atoms. The number of hydrogen-bond donors (Lipinski definition) is 1. The second-order valence-electron chi connectivity index (χ2n) is 4.89. The van der Waals surface area contributed by atoms with Crippen molar-refractivity contribution < 1.29 is 4.74 Å². The van der Waals surface area contributed by atoms with Crippen molar-refractivity contribution in [3.05, 3.63) is 29.3 Å². The number of ether oxygens (including phenoxy) is 1. The number of aryl methyl sites for hydroxylation is 1. The van der Waals surface area contributed by atoms with Crippen LogP contribution in [-0.2, 0) is 0 Å². The molecule has 0 aliphatic heterocycles. The Hall–Kier alpha value is -1.02. The minimum atomic E-state index is 0.251. The van der Waals surface area contributed by atoms with Crippen molar-refractivity contribution in [1.82, 2.24) is 5.32 Å². The number of hydrogen-bond acceptors (Lipinski definition) is 2. The Morgan fingerprint density at radius 1 is 1.29 bits per heavy atom. The number of rotatable bonds is 6. The SMILES string of the molecule is CCC(CNC)Oc1cc(C(C)C)ccc1C. The van der Waals surface area contributed by atoms with Gasteiger partial charge in [-0.1, -0.05) is 32.9 Å². The summed E-state index contributed by atoms with van der Waals surface area (Å²) in [6.07, 6.45) is 1.27. The molecule has 0 fully saturated rings. The fraction of sp³-hybridized carbons (Fsp3) is 0.600. The van der Waals surface area contributed by atoms with Crippen LogP contribution >= 0.6 is 0 Å². The topological polar surface area (TPSA) is 21.3 Å². The Kier molecular flexibility index (Phi) is 5.49. The van der Waals surface area contributed by atoms with Crippen molar-refractivity contribution in [3.8, 4) is 5.75 Å². The van der Waals surface area contributed by atoms with Crippen LogP contribution < -0.4 is 10.1 Å². The zero-order chi connectivity index (χ0) is 12.8. The molecule has 1 aromatic carbocycles. The normalized spacial score (nSPS) is 12.8. The Labute approximate surface area is 105 Å². The van der Waals surface area contributed by atoms with Crippen LogP contribution in [0.3, 0.4) is 0 Å². The minimum absolute atomic E-state index is 0.251. The van der Waals surface area contributed by atoms with Crippen molar-refractivity contribution in [2.45, 2.75) is 46.1 Å². The Morgan fingerprint density at radius 2 is 2.00 bits per heavy atom. The average Bonchev–Trinajstić information content (AvgIpc) is 2.30. The zero-order valence-electron chi connectivity index (χ0n) is 11.7. The minimum Gasteiger partial charge on any atom is -0.489 e. The highest BCUT2D eigenvalue weighted by molar-refractivity contribution is 5.37. The second kappa shape index (κ2) is 6.65. The highest BCUT2D eigenvalue weighted by Crippen LogP contribution is 2.25. The van der Waals surface area contributed by atoms with Gasteiger partial charge in [0, 0.05) is 6.54 Å². The van der Waals surface area contributed by atoms with E-state index < -0.39 is 0 Å². The number of nitrogens with one attached hydrogen (secondary N) is 1. The molecule has 1 N–H and O–H groups in total. The molecule has 1 aromatic rings. The average molecular weight is 235 g/mol. The molecule has 0 saturated carbocycles. The smallest absolute Gasteiger partial charge is 0.122 e. The Morgan fingerprint density at radius 3 is 2.53 bits per heavy atom. The van der Waals surface area contributed by atoms with E-state index in [1.54, 1.807) is 0 Å². The second-order valence-corrected chi connectivity index (χ2v) is 4.89. The molecular formula is C15H25NO. The predicted octanol–water partition coefficient (Wildman–Crippen LogP) is 3.50. The van der Waals surface area contributed by atoms with Gasteiger partial charge in [0.25, 0.3) is 0 Å². The van der Waals surface area contributed by atoms with E-state index in [0.717, 1.165) is 18.7 Å². The highest BCUT2D eigenvalue weighted by atomic mass is 16.5. The molecule has 0 bridgehead atoms. The maximum atomic E-state index is 6.06. The van der Waals surface area contributed by atoms with Crippen LogP contribution in [0, 0.1) is 6.92 Å². The van der Waals surface area contributed by atoms with Gasteiger partial charge in [-0.15, -0.1) is 0 Å². The van der Waals surface area contributed by atoms with E-state index in [9.17, 15) is 0 Å². The van der Waals surface area contributed by atoms with Crippen molar-refractivity contribution >= 4 is 0 Å². The van der Waals surface area contributed by atoms with Crippen molar-refractivity contribution in [1.29, 1.82) is 0 Å². The lowest BCUT2D eigenvalue weighted by Gasteiger charge is -2.20. The van der Waals surface area contributed by atoms with Gasteiger partial charge < -0.3 is 10.1 Å². The molecule has 0 spiro atoms. The highest BCUT2D eigenvalue weighted by Gasteiger charge is 2.10. The molecule has 96 valence electrons. The summed E-state index contributed by atoms with van der Waals surface area (Å²) >= 11 is 0. The molecule has 0 aliphatic rings. The molecule has 0 amide bonds. The van der Waals surface area contributed by atoms with E-state index in [0.29, 0.717) is 5.92 Å². The van der Waals surface area contributed by atoms with Crippen LogP contribution in [0.1, 0.15) is 44.2 Å². The summed E-state index contributed by atoms with van der Waals surface area (Å²) in [5, 5.41) is 3.17. The molecule has 0 aromatic heterocycles. The summed E-state index contributed by atoms with van der Waals surface area (Å²) in [7, 11) is 1.96. The van der Waals surface area contributed by atoms with E-state index in [4.69, 9.17) is 4.74 Å². The Balaban J connectivity index is 2.84. The molecule has 1 rings (SSSR count). The van der Waals surface area contributed by atoms with Gasteiger partial charge in [0.1, 0.15) is 11.9 Å². The maximum absolute atomic E-state index is 6.06. The van der Waals surface area contributed by atoms with E-state index in [1.807, 2.05) is 7.05 Å². The summed E-state index contributed by atoms with van der Waals surface area (Å²) in [6, 6.07) is 6.51. The third kappa shape index (κ3) is 4.04. The third-order valence-corrected chi connectivity index (χ3v) is 3.06. The van der Waals surface area contributed by atoms with E-state index in [-0.39, 0.29) is 6.10 Å². The lowest BCUT2D eigenvalue weighted by molar-refractivity contribution is 0.195. The molecule has 2 heteroatoms. The summed E-state index contributed by atoms with van der Waals surface area (Å²) in [5.74, 6) is 1.57. The molecular weight excluding hydrogens is 210 g/mol. The van der Waals surface area contributed by atoms with E-state index in [1.165, 1.54) is 11.1 Å². The summed E-state index contributed by atoms with van der Waals surface area (Å²) in [4.78, 5) is 0. The summed E-state index contributed by atoms with van der Waals surface area (Å²) in [6.45, 7) is 9.57. The first kappa shape index (κ1) is 14.0. The standard InChI is InChI=1S/C15H25NO/c1-6-14(10-16-5)17-15-9-13(11(2)3)8-7-12(15)4/h7-9,11,14,16H,6,10H2,1-5H3. The predicted molar refractivity (Wildman–Crippen MR) is 73.9 cm³/mol. The van der Waals surface area contributed by atoms with Crippen LogP contribution in [0.25, 0.3) is 0 Å². The van der Waals surface area contributed by atoms with Gasteiger partial charge in [0.05, 0.1) is 0 Å². The molecule has 2 nitrogen and oxygen atoms in total. The van der Waals surface area contributed by atoms with E-state index in [2.05, 4.69) is 51.2 Å². The summed E-state index contributed by atoms with van der Waals surface area (Å²) in [5.41, 5.74) is 2.55. The molecule has 0 aliphatic carbocycles. The fourth-order valence-corrected chi connectivity index (χ4v) is 1.78. The van der Waals surface area contributed by atoms with E-state index >= 15 is 0 Å². The monoisotopic (exact) mass is 235 g/mol. The van der Waals surface area contributed by atoms with Gasteiger partial charge in [-0.05, 0) is 43.5 Å². The van der Waals surface area contributed by atoms with Gasteiger partial charge in [0.2, 0.25) is 0 Å². The van der Waals surface area contributed by atoms with Gasteiger partial charge in [-0.2, -0.15) is 0 Å². The summed E-state index contributed by atoms with van der Waals surface area (Å²) < 4.78 is 6.06. The van der Waals surface area contributed by atoms with Crippen LogP contribution in [0.5, 0.6) is 5.75 Å². The molecule has 0 heterocycles. The maximum Gasteiger partial charge on any atom is 0.122 e. The molecule has 0 saturated heterocycles. The van der Waals surface area contributed by atoms with Crippen molar-refractivity contribution in [3.63, 3.8) is 0 Å². The first-order valence-corrected chi connectivity index (χ1v) is 6.50. The molecule has 1 atom stereocenters. The largest absolute Gasteiger partial charge is 0.489 e. The zero-order valence-corrected chi connectivity index (χ0v) is 11.7. The van der Waals surface area contributed by atoms with Crippen molar-refractivity contribution in [2.75, 3.05) is 13.6 Å². The Bertz CT molecular complexity index is 347. The number of likely N-dealkylation sites (N-methyl/N-ethyl adjacent to an activating group) is 1. The molecule has 0 radical (unpaired) electrons. The first-order chi connectivity index (χ1) is 8.08. The van der Waals surface area contributed by atoms with Crippen molar-refractivity contribution in [2.24, 2.45) is 0 Å². The van der Waals surface area contributed by atoms with Crippen LogP contribution in [-0.4, -0.2) is 19.7 Å². The van der Waals surface area contributed by atoms with Gasteiger partial charge >= 0.3 is 0 Å². The lowest BCUT2D eigenvalue weighted by Crippen LogP contribution is -2.28. The van der Waals surface area contributed by atoms with Crippen LogP contribution in [0.4, 0.5) is 0 Å². The third-order valence-electron chi connectivity index (χ3n) is 3.06. The quantitative estimate of drug-likeness (QED) is 0.815. The van der Waals surface area contributed by atoms with Crippen LogP contribution in [0.2, 0.25) is 0 Å². The first-order valence-electron chi connectivity index (χ1n) is 6.50.